The molecular formula is C24H22N4O4. The van der Waals surface area contributed by atoms with E-state index in [-0.39, 0.29) is 18.8 Å². The minimum Gasteiger partial charge on any atom is -0.497 e. The van der Waals surface area contributed by atoms with Crippen LogP contribution in [0.1, 0.15) is 21.6 Å². The Morgan fingerprint density at radius 3 is 2.50 bits per heavy atom. The fourth-order valence-corrected chi connectivity index (χ4v) is 3.33. The van der Waals surface area contributed by atoms with E-state index < -0.39 is 11.5 Å². The number of carbonyl (C=O) groups is 1. The van der Waals surface area contributed by atoms with Crippen LogP contribution >= 0.6 is 0 Å². The highest BCUT2D eigenvalue weighted by molar-refractivity contribution is 5.93. The van der Waals surface area contributed by atoms with Crippen LogP contribution in [0.15, 0.2) is 71.7 Å². The van der Waals surface area contributed by atoms with Crippen molar-refractivity contribution in [3.8, 4) is 11.5 Å². The average molecular weight is 430 g/mol. The molecule has 2 aromatic heterocycles. The number of benzene rings is 2. The highest BCUT2D eigenvalue weighted by Crippen LogP contribution is 2.15. The van der Waals surface area contributed by atoms with Crippen molar-refractivity contribution in [1.82, 2.24) is 19.9 Å². The number of rotatable bonds is 7. The molecule has 1 amide bonds. The molecule has 1 N–H and O–H groups in total. The van der Waals surface area contributed by atoms with E-state index in [1.54, 1.807) is 32.5 Å². The zero-order valence-corrected chi connectivity index (χ0v) is 17.7. The van der Waals surface area contributed by atoms with Crippen molar-refractivity contribution in [2.24, 2.45) is 0 Å². The highest BCUT2D eigenvalue weighted by atomic mass is 16.5. The summed E-state index contributed by atoms with van der Waals surface area (Å²) in [6, 6.07) is 18.1. The molecule has 2 aromatic carbocycles. The number of hydrogen-bond donors (Lipinski definition) is 1. The van der Waals surface area contributed by atoms with Gasteiger partial charge in [-0.3, -0.25) is 14.2 Å². The zero-order valence-electron chi connectivity index (χ0n) is 17.7. The third kappa shape index (κ3) is 4.44. The summed E-state index contributed by atoms with van der Waals surface area (Å²) < 4.78 is 11.9. The molecule has 2 heterocycles. The van der Waals surface area contributed by atoms with Crippen molar-refractivity contribution in [2.75, 3.05) is 14.2 Å². The monoisotopic (exact) mass is 430 g/mol. The molecule has 0 bridgehead atoms. The van der Waals surface area contributed by atoms with Gasteiger partial charge in [-0.15, -0.1) is 0 Å². The van der Waals surface area contributed by atoms with Crippen LogP contribution in [-0.2, 0) is 13.1 Å². The first-order valence-electron chi connectivity index (χ1n) is 9.98. The van der Waals surface area contributed by atoms with Gasteiger partial charge >= 0.3 is 0 Å². The number of hydrogen-bond acceptors (Lipinski definition) is 6. The minimum absolute atomic E-state index is 0.179. The Bertz CT molecular complexity index is 1320. The lowest BCUT2D eigenvalue weighted by Gasteiger charge is -2.12. The lowest BCUT2D eigenvalue weighted by Crippen LogP contribution is -2.35. The van der Waals surface area contributed by atoms with Crippen molar-refractivity contribution >= 4 is 17.1 Å². The Morgan fingerprint density at radius 2 is 1.75 bits per heavy atom. The first-order valence-corrected chi connectivity index (χ1v) is 9.98. The fraction of sp³-hybridized carbons (Fsp3) is 0.167. The van der Waals surface area contributed by atoms with Gasteiger partial charge in [-0.05, 0) is 47.5 Å². The van der Waals surface area contributed by atoms with E-state index in [1.165, 1.54) is 4.57 Å². The van der Waals surface area contributed by atoms with E-state index in [9.17, 15) is 9.59 Å². The maximum atomic E-state index is 13.2. The van der Waals surface area contributed by atoms with Crippen LogP contribution in [0.4, 0.5) is 0 Å². The van der Waals surface area contributed by atoms with E-state index >= 15 is 0 Å². The lowest BCUT2D eigenvalue weighted by molar-refractivity contribution is 0.0944. The fourth-order valence-electron chi connectivity index (χ4n) is 3.33. The normalized spacial score (nSPS) is 10.7. The Hall–Kier alpha value is -4.20. The molecule has 0 radical (unpaired) electrons. The predicted molar refractivity (Wildman–Crippen MR) is 120 cm³/mol. The molecule has 0 aliphatic heterocycles. The van der Waals surface area contributed by atoms with Crippen LogP contribution in [0.2, 0.25) is 0 Å². The van der Waals surface area contributed by atoms with Crippen molar-refractivity contribution in [1.29, 1.82) is 0 Å². The van der Waals surface area contributed by atoms with Gasteiger partial charge in [0.2, 0.25) is 0 Å². The summed E-state index contributed by atoms with van der Waals surface area (Å²) in [5, 5.41) is 2.77. The van der Waals surface area contributed by atoms with Gasteiger partial charge in [0.15, 0.2) is 11.3 Å². The number of nitrogens with one attached hydrogen (secondary N) is 1. The molecule has 0 unspecified atom stereocenters. The van der Waals surface area contributed by atoms with Crippen LogP contribution in [0.3, 0.4) is 0 Å². The smallest absolute Gasteiger partial charge is 0.284 e. The minimum atomic E-state index is -0.549. The molecule has 4 aromatic rings. The number of fused-ring (bicyclic) bond motifs is 1. The highest BCUT2D eigenvalue weighted by Gasteiger charge is 2.18. The van der Waals surface area contributed by atoms with Crippen LogP contribution in [-0.4, -0.2) is 34.7 Å². The molecule has 8 nitrogen and oxygen atoms in total. The van der Waals surface area contributed by atoms with E-state index in [1.807, 2.05) is 48.5 Å². The van der Waals surface area contributed by atoms with Crippen LogP contribution in [0.5, 0.6) is 11.5 Å². The van der Waals surface area contributed by atoms with E-state index in [0.29, 0.717) is 16.9 Å². The molecule has 0 spiro atoms. The van der Waals surface area contributed by atoms with Gasteiger partial charge < -0.3 is 14.8 Å². The molecule has 162 valence electrons. The summed E-state index contributed by atoms with van der Waals surface area (Å²) >= 11 is 0. The molecule has 0 saturated carbocycles. The lowest BCUT2D eigenvalue weighted by atomic mass is 10.2. The number of aromatic nitrogens is 3. The Labute approximate surface area is 184 Å². The molecular weight excluding hydrogens is 408 g/mol. The quantitative estimate of drug-likeness (QED) is 0.484. The van der Waals surface area contributed by atoms with Gasteiger partial charge in [0, 0.05) is 12.7 Å². The predicted octanol–water partition coefficient (Wildman–Crippen LogP) is 2.79. The van der Waals surface area contributed by atoms with Gasteiger partial charge in [0.05, 0.1) is 20.8 Å². The van der Waals surface area contributed by atoms with Crippen molar-refractivity contribution < 1.29 is 14.3 Å². The number of ether oxygens (including phenoxy) is 2. The standard InChI is InChI=1S/C24H22N4O4/c1-31-18-10-8-16(9-11-18)15-28-22-20(7-4-12-25-22)27-21(24(28)30)23(29)26-14-17-5-3-6-19(13-17)32-2/h3-13H,14-15H2,1-2H3,(H,26,29). The Kier molecular flexibility index (Phi) is 6.12. The maximum Gasteiger partial charge on any atom is 0.284 e. The van der Waals surface area contributed by atoms with E-state index in [2.05, 4.69) is 15.3 Å². The van der Waals surface area contributed by atoms with Crippen molar-refractivity contribution in [3.63, 3.8) is 0 Å². The number of carbonyl (C=O) groups excluding carboxylic acids is 1. The third-order valence-electron chi connectivity index (χ3n) is 5.00. The van der Waals surface area contributed by atoms with Gasteiger partial charge in [-0.2, -0.15) is 0 Å². The summed E-state index contributed by atoms with van der Waals surface area (Å²) in [6.07, 6.45) is 1.59. The molecule has 4 rings (SSSR count). The first kappa shape index (κ1) is 21.0. The SMILES string of the molecule is COc1ccc(Cn2c(=O)c(C(=O)NCc3cccc(OC)c3)nc3cccnc32)cc1. The first-order chi connectivity index (χ1) is 15.6. The molecule has 32 heavy (non-hydrogen) atoms. The van der Waals surface area contributed by atoms with Crippen molar-refractivity contribution in [3.05, 3.63) is 94.0 Å². The molecule has 0 fully saturated rings. The topological polar surface area (TPSA) is 95.3 Å². The zero-order chi connectivity index (χ0) is 22.5. The second-order valence-electron chi connectivity index (χ2n) is 7.08. The molecule has 0 aliphatic carbocycles. The second-order valence-corrected chi connectivity index (χ2v) is 7.08. The van der Waals surface area contributed by atoms with E-state index in [0.717, 1.165) is 16.9 Å². The summed E-state index contributed by atoms with van der Waals surface area (Å²) in [5.74, 6) is 0.858. The Morgan fingerprint density at radius 1 is 0.969 bits per heavy atom. The van der Waals surface area contributed by atoms with Crippen LogP contribution in [0.25, 0.3) is 11.2 Å². The summed E-state index contributed by atoms with van der Waals surface area (Å²) in [7, 11) is 3.17. The summed E-state index contributed by atoms with van der Waals surface area (Å²) in [6.45, 7) is 0.482. The summed E-state index contributed by atoms with van der Waals surface area (Å²) in [5.41, 5.74) is 1.91. The second kappa shape index (κ2) is 9.30. The number of amides is 1. The molecule has 0 atom stereocenters. The maximum absolute atomic E-state index is 13.2. The number of pyridine rings is 1. The van der Waals surface area contributed by atoms with Crippen LogP contribution < -0.4 is 20.3 Å². The Balaban J connectivity index is 1.66. The van der Waals surface area contributed by atoms with Crippen LogP contribution in [0, 0.1) is 0 Å². The molecule has 0 aliphatic rings. The third-order valence-corrected chi connectivity index (χ3v) is 5.00. The largest absolute Gasteiger partial charge is 0.497 e. The van der Waals surface area contributed by atoms with E-state index in [4.69, 9.17) is 9.47 Å². The van der Waals surface area contributed by atoms with Gasteiger partial charge in [-0.1, -0.05) is 24.3 Å². The summed E-state index contributed by atoms with van der Waals surface area (Å²) in [4.78, 5) is 34.7. The van der Waals surface area contributed by atoms with Crippen molar-refractivity contribution in [2.45, 2.75) is 13.1 Å². The number of nitrogens with zero attached hydrogens (tertiary/aromatic N) is 3. The van der Waals surface area contributed by atoms with Gasteiger partial charge in [0.25, 0.3) is 11.5 Å². The molecule has 0 saturated heterocycles. The average Bonchev–Trinajstić information content (AvgIpc) is 2.84. The number of methoxy groups -OCH3 is 2. The molecule has 8 heteroatoms. The van der Waals surface area contributed by atoms with Gasteiger partial charge in [0.1, 0.15) is 17.0 Å². The van der Waals surface area contributed by atoms with Gasteiger partial charge in [-0.25, -0.2) is 9.97 Å².